The molecule has 25 heavy (non-hydrogen) atoms. The Hall–Kier alpha value is -2.85. The molecule has 0 bridgehead atoms. The van der Waals surface area contributed by atoms with Gasteiger partial charge in [0.15, 0.2) is 15.0 Å². The summed E-state index contributed by atoms with van der Waals surface area (Å²) in [6, 6.07) is 9.77. The van der Waals surface area contributed by atoms with Crippen LogP contribution in [0.4, 0.5) is 10.8 Å². The summed E-state index contributed by atoms with van der Waals surface area (Å²) in [5, 5.41) is 13.7. The summed E-state index contributed by atoms with van der Waals surface area (Å²) in [4.78, 5) is 26.8. The smallest absolute Gasteiger partial charge is 0.270 e. The highest BCUT2D eigenvalue weighted by atomic mass is 32.2. The van der Waals surface area contributed by atoms with Crippen molar-refractivity contribution in [3.05, 3.63) is 58.1 Å². The molecule has 0 spiro atoms. The van der Waals surface area contributed by atoms with Crippen LogP contribution in [0.25, 0.3) is 10.2 Å². The summed E-state index contributed by atoms with van der Waals surface area (Å²) in [5.41, 5.74) is 0.765. The van der Waals surface area contributed by atoms with Gasteiger partial charge in [-0.15, -0.1) is 0 Å². The van der Waals surface area contributed by atoms with Crippen LogP contribution in [-0.2, 0) is 9.84 Å². The van der Waals surface area contributed by atoms with Gasteiger partial charge in [-0.25, -0.2) is 13.4 Å². The number of nitrogens with one attached hydrogen (secondary N) is 1. The zero-order valence-corrected chi connectivity index (χ0v) is 14.4. The van der Waals surface area contributed by atoms with Gasteiger partial charge in [0, 0.05) is 24.0 Å². The lowest BCUT2D eigenvalue weighted by molar-refractivity contribution is -0.384. The minimum absolute atomic E-state index is 0.0506. The van der Waals surface area contributed by atoms with Gasteiger partial charge in [-0.1, -0.05) is 11.3 Å². The van der Waals surface area contributed by atoms with E-state index in [0.29, 0.717) is 15.3 Å². The molecule has 3 rings (SSSR count). The summed E-state index contributed by atoms with van der Waals surface area (Å²) in [7, 11) is -3.33. The van der Waals surface area contributed by atoms with Crippen molar-refractivity contribution in [3.8, 4) is 0 Å². The van der Waals surface area contributed by atoms with Crippen LogP contribution in [0.5, 0.6) is 0 Å². The van der Waals surface area contributed by atoms with Gasteiger partial charge in [-0.05, 0) is 30.3 Å². The van der Waals surface area contributed by atoms with E-state index in [4.69, 9.17) is 0 Å². The molecule has 0 aliphatic heterocycles. The third-order valence-corrected chi connectivity index (χ3v) is 5.41. The Kier molecular flexibility index (Phi) is 4.23. The number of carbonyl (C=O) groups excluding carboxylic acids is 1. The SMILES string of the molecule is CS(=O)(=O)c1ccc(C(=O)Nc2nc3ccc([N+](=O)[O-])cc3s2)cc1. The first kappa shape index (κ1) is 17.0. The van der Waals surface area contributed by atoms with E-state index < -0.39 is 20.7 Å². The number of nitro groups is 1. The number of nitrogens with zero attached hydrogens (tertiary/aromatic N) is 2. The maximum Gasteiger partial charge on any atom is 0.270 e. The van der Waals surface area contributed by atoms with Gasteiger partial charge in [-0.3, -0.25) is 20.2 Å². The molecule has 1 aromatic heterocycles. The first-order chi connectivity index (χ1) is 11.7. The van der Waals surface area contributed by atoms with Crippen LogP contribution in [0, 0.1) is 10.1 Å². The van der Waals surface area contributed by atoms with Crippen molar-refractivity contribution in [2.75, 3.05) is 11.6 Å². The molecule has 0 aliphatic rings. The minimum atomic E-state index is -3.33. The predicted molar refractivity (Wildman–Crippen MR) is 93.8 cm³/mol. The van der Waals surface area contributed by atoms with E-state index >= 15 is 0 Å². The lowest BCUT2D eigenvalue weighted by atomic mass is 10.2. The van der Waals surface area contributed by atoms with E-state index in [1.807, 2.05) is 0 Å². The molecule has 0 fully saturated rings. The monoisotopic (exact) mass is 377 g/mol. The van der Waals surface area contributed by atoms with Crippen molar-refractivity contribution >= 4 is 48.1 Å². The largest absolute Gasteiger partial charge is 0.298 e. The van der Waals surface area contributed by atoms with E-state index in [9.17, 15) is 23.3 Å². The van der Waals surface area contributed by atoms with E-state index in [2.05, 4.69) is 10.3 Å². The molecule has 2 aromatic carbocycles. The van der Waals surface area contributed by atoms with Crippen molar-refractivity contribution in [1.82, 2.24) is 4.98 Å². The van der Waals surface area contributed by atoms with Crippen LogP contribution in [0.1, 0.15) is 10.4 Å². The van der Waals surface area contributed by atoms with Crippen molar-refractivity contribution in [1.29, 1.82) is 0 Å². The second-order valence-electron chi connectivity index (χ2n) is 5.18. The number of nitro benzene ring substituents is 1. The molecule has 0 unspecified atom stereocenters. The van der Waals surface area contributed by atoms with Gasteiger partial charge in [-0.2, -0.15) is 0 Å². The number of non-ortho nitro benzene ring substituents is 1. The average Bonchev–Trinajstić information content (AvgIpc) is 2.95. The number of aromatic nitrogens is 1. The zero-order chi connectivity index (χ0) is 18.2. The van der Waals surface area contributed by atoms with Crippen molar-refractivity contribution in [2.45, 2.75) is 4.90 Å². The molecule has 1 heterocycles. The fraction of sp³-hybridized carbons (Fsp3) is 0.0667. The number of hydrogen-bond acceptors (Lipinski definition) is 7. The van der Waals surface area contributed by atoms with Crippen LogP contribution in [-0.4, -0.2) is 30.5 Å². The topological polar surface area (TPSA) is 119 Å². The van der Waals surface area contributed by atoms with Gasteiger partial charge < -0.3 is 0 Å². The van der Waals surface area contributed by atoms with Gasteiger partial charge in [0.2, 0.25) is 0 Å². The number of fused-ring (bicyclic) bond motifs is 1. The lowest BCUT2D eigenvalue weighted by Gasteiger charge is -2.03. The second kappa shape index (κ2) is 6.22. The van der Waals surface area contributed by atoms with Crippen molar-refractivity contribution in [2.24, 2.45) is 0 Å². The molecular weight excluding hydrogens is 366 g/mol. The van der Waals surface area contributed by atoms with Crippen LogP contribution in [0.2, 0.25) is 0 Å². The number of sulfone groups is 1. The zero-order valence-electron chi connectivity index (χ0n) is 12.8. The maximum absolute atomic E-state index is 12.2. The molecule has 0 saturated heterocycles. The minimum Gasteiger partial charge on any atom is -0.298 e. The molecule has 128 valence electrons. The number of thiazole rings is 1. The normalized spacial score (nSPS) is 11.4. The summed E-state index contributed by atoms with van der Waals surface area (Å²) < 4.78 is 23.4. The van der Waals surface area contributed by atoms with E-state index in [-0.39, 0.29) is 16.1 Å². The van der Waals surface area contributed by atoms with Crippen LogP contribution < -0.4 is 5.32 Å². The molecule has 10 heteroatoms. The summed E-state index contributed by atoms with van der Waals surface area (Å²) in [6.45, 7) is 0. The highest BCUT2D eigenvalue weighted by Gasteiger charge is 2.14. The standard InChI is InChI=1S/C15H11N3O5S2/c1-25(22,23)11-5-2-9(3-6-11)14(19)17-15-16-12-7-4-10(18(20)21)8-13(12)24-15/h2-8H,1H3,(H,16,17,19). The molecule has 0 atom stereocenters. The van der Waals surface area contributed by atoms with Gasteiger partial charge in [0.25, 0.3) is 11.6 Å². The Morgan fingerprint density at radius 1 is 1.20 bits per heavy atom. The highest BCUT2D eigenvalue weighted by molar-refractivity contribution is 7.90. The van der Waals surface area contributed by atoms with Crippen LogP contribution in [0.15, 0.2) is 47.4 Å². The molecule has 1 amide bonds. The third-order valence-electron chi connectivity index (χ3n) is 3.35. The van der Waals surface area contributed by atoms with Gasteiger partial charge in [0.05, 0.1) is 20.0 Å². The molecule has 0 aliphatic carbocycles. The third kappa shape index (κ3) is 3.64. The highest BCUT2D eigenvalue weighted by Crippen LogP contribution is 2.29. The number of amides is 1. The first-order valence-corrected chi connectivity index (χ1v) is 9.61. The van der Waals surface area contributed by atoms with Crippen molar-refractivity contribution < 1.29 is 18.1 Å². The van der Waals surface area contributed by atoms with E-state index in [1.165, 1.54) is 42.5 Å². The summed E-state index contributed by atoms with van der Waals surface area (Å²) in [5.74, 6) is -0.450. The summed E-state index contributed by atoms with van der Waals surface area (Å²) in [6.07, 6.45) is 1.09. The molecule has 0 saturated carbocycles. The van der Waals surface area contributed by atoms with E-state index in [1.54, 1.807) is 0 Å². The fourth-order valence-electron chi connectivity index (χ4n) is 2.10. The predicted octanol–water partition coefficient (Wildman–Crippen LogP) is 2.86. The quantitative estimate of drug-likeness (QED) is 0.551. The molecular formula is C15H11N3O5S2. The number of anilines is 1. The Morgan fingerprint density at radius 3 is 2.48 bits per heavy atom. The Morgan fingerprint density at radius 2 is 1.88 bits per heavy atom. The first-order valence-electron chi connectivity index (χ1n) is 6.90. The lowest BCUT2D eigenvalue weighted by Crippen LogP contribution is -2.11. The molecule has 3 aromatic rings. The fourth-order valence-corrected chi connectivity index (χ4v) is 3.63. The molecule has 0 radical (unpaired) electrons. The Bertz CT molecular complexity index is 1090. The van der Waals surface area contributed by atoms with Gasteiger partial charge >= 0.3 is 0 Å². The van der Waals surface area contributed by atoms with E-state index in [0.717, 1.165) is 17.6 Å². The summed E-state index contributed by atoms with van der Waals surface area (Å²) >= 11 is 1.12. The number of carbonyl (C=O) groups is 1. The number of hydrogen-bond donors (Lipinski definition) is 1. The maximum atomic E-state index is 12.2. The Labute approximate surface area is 146 Å². The second-order valence-corrected chi connectivity index (χ2v) is 8.23. The average molecular weight is 377 g/mol. The van der Waals surface area contributed by atoms with Crippen LogP contribution in [0.3, 0.4) is 0 Å². The Balaban J connectivity index is 1.83. The van der Waals surface area contributed by atoms with Crippen molar-refractivity contribution in [3.63, 3.8) is 0 Å². The number of rotatable bonds is 4. The van der Waals surface area contributed by atoms with Gasteiger partial charge in [0.1, 0.15) is 0 Å². The van der Waals surface area contributed by atoms with Crippen LogP contribution >= 0.6 is 11.3 Å². The molecule has 8 nitrogen and oxygen atoms in total. The molecule has 1 N–H and O–H groups in total. The number of benzene rings is 2.